The summed E-state index contributed by atoms with van der Waals surface area (Å²) in [6.07, 6.45) is -2.88. The number of piperazine rings is 1. The highest BCUT2D eigenvalue weighted by Crippen LogP contribution is 2.33. The molecule has 1 aliphatic heterocycles. The summed E-state index contributed by atoms with van der Waals surface area (Å²) in [4.78, 5) is 39.1. The van der Waals surface area contributed by atoms with E-state index in [1.165, 1.54) is 24.3 Å². The van der Waals surface area contributed by atoms with Gasteiger partial charge in [-0.3, -0.25) is 14.2 Å². The quantitative estimate of drug-likeness (QED) is 0.288. The number of anilines is 4. The van der Waals surface area contributed by atoms with Gasteiger partial charge in [0.25, 0.3) is 5.56 Å². The highest BCUT2D eigenvalue weighted by atomic mass is 19.4. The zero-order chi connectivity index (χ0) is 29.1. The molecule has 1 aliphatic rings. The summed E-state index contributed by atoms with van der Waals surface area (Å²) in [5, 5.41) is 8.85. The van der Waals surface area contributed by atoms with Crippen LogP contribution in [0.15, 0.2) is 66.1 Å². The van der Waals surface area contributed by atoms with Crippen LogP contribution >= 0.6 is 0 Å². The van der Waals surface area contributed by atoms with Crippen molar-refractivity contribution in [2.24, 2.45) is 0 Å². The standard InChI is InChI=1S/C27H25F3N8O3/c1-3-22(39)33-16-5-4-6-18(13-16)38-24-19(35-23(25(38)40)27(28,29)30)15-32-26(36-24)34-17-7-8-20(21(14-17)41-2)37-11-9-31-10-12-37/h3-8,13-15,31H,1,9-12H2,2H3,(H,33,39)(H,32,34,36). The molecule has 1 fully saturated rings. The van der Waals surface area contributed by atoms with Crippen molar-refractivity contribution in [2.75, 3.05) is 48.8 Å². The van der Waals surface area contributed by atoms with Crippen molar-refractivity contribution in [3.05, 3.63) is 77.4 Å². The average molecular weight is 567 g/mol. The number of methoxy groups -OCH3 is 1. The molecule has 0 atom stereocenters. The van der Waals surface area contributed by atoms with Crippen LogP contribution in [0.25, 0.3) is 16.9 Å². The second-order valence-corrected chi connectivity index (χ2v) is 8.99. The Labute approximate surface area is 231 Å². The maximum absolute atomic E-state index is 13.8. The van der Waals surface area contributed by atoms with E-state index in [9.17, 15) is 22.8 Å². The second-order valence-electron chi connectivity index (χ2n) is 8.99. The number of nitrogens with one attached hydrogen (secondary N) is 3. The van der Waals surface area contributed by atoms with Crippen molar-refractivity contribution in [1.82, 2.24) is 24.8 Å². The fraction of sp³-hybridized carbons (Fsp3) is 0.222. The van der Waals surface area contributed by atoms with Gasteiger partial charge in [0.15, 0.2) is 5.65 Å². The van der Waals surface area contributed by atoms with Crippen LogP contribution in [0.1, 0.15) is 5.69 Å². The van der Waals surface area contributed by atoms with Crippen LogP contribution in [-0.4, -0.2) is 58.7 Å². The summed E-state index contributed by atoms with van der Waals surface area (Å²) < 4.78 is 47.7. The Morgan fingerprint density at radius 3 is 2.61 bits per heavy atom. The van der Waals surface area contributed by atoms with E-state index < -0.39 is 23.3 Å². The minimum absolute atomic E-state index is 0.0142. The number of fused-ring (bicyclic) bond motifs is 1. The van der Waals surface area contributed by atoms with Gasteiger partial charge in [-0.15, -0.1) is 0 Å². The molecular formula is C27H25F3N8O3. The van der Waals surface area contributed by atoms with E-state index in [2.05, 4.69) is 42.4 Å². The number of hydrogen-bond donors (Lipinski definition) is 3. The first-order valence-electron chi connectivity index (χ1n) is 12.5. The summed E-state index contributed by atoms with van der Waals surface area (Å²) in [5.41, 5.74) is -1.73. The lowest BCUT2D eigenvalue weighted by Gasteiger charge is -2.30. The Morgan fingerprint density at radius 1 is 1.12 bits per heavy atom. The summed E-state index contributed by atoms with van der Waals surface area (Å²) in [7, 11) is 1.56. The van der Waals surface area contributed by atoms with Gasteiger partial charge >= 0.3 is 6.18 Å². The maximum Gasteiger partial charge on any atom is 0.438 e. The van der Waals surface area contributed by atoms with Crippen molar-refractivity contribution in [3.63, 3.8) is 0 Å². The Morgan fingerprint density at radius 2 is 1.90 bits per heavy atom. The zero-order valence-corrected chi connectivity index (χ0v) is 21.8. The zero-order valence-electron chi connectivity index (χ0n) is 21.8. The first-order chi connectivity index (χ1) is 19.7. The molecule has 41 heavy (non-hydrogen) atoms. The molecule has 11 nitrogen and oxygen atoms in total. The third kappa shape index (κ3) is 5.82. The molecule has 0 radical (unpaired) electrons. The number of carbonyl (C=O) groups excluding carboxylic acids is 1. The van der Waals surface area contributed by atoms with E-state index in [-0.39, 0.29) is 28.5 Å². The van der Waals surface area contributed by atoms with Gasteiger partial charge in [-0.2, -0.15) is 18.2 Å². The van der Waals surface area contributed by atoms with Gasteiger partial charge in [-0.05, 0) is 36.4 Å². The number of halogens is 3. The van der Waals surface area contributed by atoms with Gasteiger partial charge in [0.05, 0.1) is 24.7 Å². The molecular weight excluding hydrogens is 541 g/mol. The fourth-order valence-corrected chi connectivity index (χ4v) is 4.43. The average Bonchev–Trinajstić information content (AvgIpc) is 2.96. The van der Waals surface area contributed by atoms with Crippen molar-refractivity contribution < 1.29 is 22.7 Å². The smallest absolute Gasteiger partial charge is 0.438 e. The summed E-state index contributed by atoms with van der Waals surface area (Å²) >= 11 is 0. The number of rotatable bonds is 7. The first kappa shape index (κ1) is 27.6. The lowest BCUT2D eigenvalue weighted by Crippen LogP contribution is -2.43. The lowest BCUT2D eigenvalue weighted by molar-refractivity contribution is -0.142. The molecule has 4 aromatic rings. The van der Waals surface area contributed by atoms with E-state index in [0.717, 1.165) is 48.7 Å². The Bertz CT molecular complexity index is 1680. The molecule has 2 aromatic heterocycles. The van der Waals surface area contributed by atoms with Gasteiger partial charge in [-0.25, -0.2) is 9.97 Å². The monoisotopic (exact) mass is 566 g/mol. The molecule has 0 bridgehead atoms. The summed E-state index contributed by atoms with van der Waals surface area (Å²) in [6, 6.07) is 11.2. The van der Waals surface area contributed by atoms with Gasteiger partial charge in [0.1, 0.15) is 11.3 Å². The molecule has 0 saturated carbocycles. The fourth-order valence-electron chi connectivity index (χ4n) is 4.43. The molecule has 0 aliphatic carbocycles. The Kier molecular flexibility index (Phi) is 7.57. The summed E-state index contributed by atoms with van der Waals surface area (Å²) in [6.45, 7) is 6.72. The van der Waals surface area contributed by atoms with Crippen LogP contribution < -0.4 is 31.1 Å². The van der Waals surface area contributed by atoms with Crippen LogP contribution in [0, 0.1) is 0 Å². The van der Waals surface area contributed by atoms with Crippen LogP contribution in [-0.2, 0) is 11.0 Å². The van der Waals surface area contributed by atoms with Gasteiger partial charge in [-0.1, -0.05) is 12.6 Å². The van der Waals surface area contributed by atoms with Crippen molar-refractivity contribution in [1.29, 1.82) is 0 Å². The molecule has 212 valence electrons. The predicted octanol–water partition coefficient (Wildman–Crippen LogP) is 3.48. The molecule has 3 heterocycles. The number of benzene rings is 2. The summed E-state index contributed by atoms with van der Waals surface area (Å²) in [5.74, 6) is 0.0991. The second kappa shape index (κ2) is 11.3. The largest absolute Gasteiger partial charge is 0.495 e. The third-order valence-electron chi connectivity index (χ3n) is 6.32. The van der Waals surface area contributed by atoms with E-state index >= 15 is 0 Å². The molecule has 0 unspecified atom stereocenters. The number of hydrogen-bond acceptors (Lipinski definition) is 9. The molecule has 1 amide bonds. The van der Waals surface area contributed by atoms with E-state index in [0.29, 0.717) is 11.4 Å². The molecule has 14 heteroatoms. The van der Waals surface area contributed by atoms with E-state index in [1.54, 1.807) is 19.2 Å². The maximum atomic E-state index is 13.8. The van der Waals surface area contributed by atoms with Crippen molar-refractivity contribution >= 4 is 40.1 Å². The Hall–Kier alpha value is -4.98. The minimum Gasteiger partial charge on any atom is -0.495 e. The van der Waals surface area contributed by atoms with Crippen LogP contribution in [0.4, 0.5) is 36.2 Å². The molecule has 5 rings (SSSR count). The Balaban J connectivity index is 1.58. The highest BCUT2D eigenvalue weighted by molar-refractivity contribution is 5.99. The number of carbonyl (C=O) groups is 1. The first-order valence-corrected chi connectivity index (χ1v) is 12.5. The van der Waals surface area contributed by atoms with Gasteiger partial charge < -0.3 is 25.6 Å². The third-order valence-corrected chi connectivity index (χ3v) is 6.32. The molecule has 2 aromatic carbocycles. The van der Waals surface area contributed by atoms with Crippen LogP contribution in [0.5, 0.6) is 5.75 Å². The van der Waals surface area contributed by atoms with Crippen molar-refractivity contribution in [3.8, 4) is 11.4 Å². The van der Waals surface area contributed by atoms with E-state index in [1.807, 2.05) is 6.07 Å². The number of nitrogens with zero attached hydrogens (tertiary/aromatic N) is 5. The van der Waals surface area contributed by atoms with Crippen LogP contribution in [0.2, 0.25) is 0 Å². The number of aromatic nitrogens is 4. The van der Waals surface area contributed by atoms with Crippen molar-refractivity contribution in [2.45, 2.75) is 6.18 Å². The van der Waals surface area contributed by atoms with Crippen LogP contribution in [0.3, 0.4) is 0 Å². The number of ether oxygens (including phenoxy) is 1. The van der Waals surface area contributed by atoms with E-state index in [4.69, 9.17) is 4.74 Å². The molecule has 3 N–H and O–H groups in total. The number of amides is 1. The number of alkyl halides is 3. The highest BCUT2D eigenvalue weighted by Gasteiger charge is 2.38. The predicted molar refractivity (Wildman–Crippen MR) is 148 cm³/mol. The van der Waals surface area contributed by atoms with Gasteiger partial charge in [0.2, 0.25) is 17.5 Å². The minimum atomic E-state index is -5.03. The SMILES string of the molecule is C=CC(=O)Nc1cccc(-n2c(=O)c(C(F)(F)F)nc3cnc(Nc4ccc(N5CCNCC5)c(OC)c4)nc32)c1. The molecule has 1 saturated heterocycles. The lowest BCUT2D eigenvalue weighted by atomic mass is 10.2. The molecule has 0 spiro atoms. The topological polar surface area (TPSA) is 126 Å². The normalized spacial score (nSPS) is 13.6. The van der Waals surface area contributed by atoms with Gasteiger partial charge in [0, 0.05) is 43.6 Å².